The van der Waals surface area contributed by atoms with Crippen LogP contribution in [0.15, 0.2) is 30.3 Å². The predicted molar refractivity (Wildman–Crippen MR) is 69.6 cm³/mol. The van der Waals surface area contributed by atoms with E-state index in [0.29, 0.717) is 12.2 Å². The van der Waals surface area contributed by atoms with Crippen LogP contribution in [-0.4, -0.2) is 30.2 Å². The van der Waals surface area contributed by atoms with E-state index < -0.39 is 0 Å². The topological polar surface area (TPSA) is 46.5 Å². The smallest absolute Gasteiger partial charge is 0.188 e. The van der Waals surface area contributed by atoms with Crippen molar-refractivity contribution in [3.8, 4) is 0 Å². The average molecular weight is 248 g/mol. The van der Waals surface area contributed by atoms with Crippen LogP contribution in [0.5, 0.6) is 0 Å². The Labute approximate surface area is 108 Å². The van der Waals surface area contributed by atoms with Crippen molar-refractivity contribution in [2.24, 2.45) is 5.92 Å². The Balaban J connectivity index is 1.73. The first kappa shape index (κ1) is 13.2. The summed E-state index contributed by atoms with van der Waals surface area (Å²) in [5.41, 5.74) is 0.682. The summed E-state index contributed by atoms with van der Waals surface area (Å²) in [6, 6.07) is 9.16. The third kappa shape index (κ3) is 3.65. The van der Waals surface area contributed by atoms with Crippen molar-refractivity contribution >= 4 is 5.78 Å². The molecule has 2 unspecified atom stereocenters. The minimum Gasteiger partial charge on any atom is -0.393 e. The molecule has 0 spiro atoms. The fourth-order valence-corrected chi connectivity index (χ4v) is 2.39. The lowest BCUT2D eigenvalue weighted by Gasteiger charge is -2.27. The van der Waals surface area contributed by atoms with E-state index >= 15 is 0 Å². The first-order valence-corrected chi connectivity index (χ1v) is 6.61. The molecule has 0 amide bonds. The minimum absolute atomic E-state index is 0.000833. The second-order valence-electron chi connectivity index (χ2n) is 4.92. The van der Waals surface area contributed by atoms with Crippen LogP contribution in [0.4, 0.5) is 0 Å². The molecule has 1 N–H and O–H groups in total. The van der Waals surface area contributed by atoms with Gasteiger partial charge in [-0.2, -0.15) is 0 Å². The SMILES string of the molecule is O=C(COCC1CCCCC1O)c1ccccc1. The van der Waals surface area contributed by atoms with E-state index in [1.165, 1.54) is 0 Å². The number of aliphatic hydroxyl groups excluding tert-OH is 1. The van der Waals surface area contributed by atoms with Crippen molar-refractivity contribution in [1.82, 2.24) is 0 Å². The minimum atomic E-state index is -0.259. The highest BCUT2D eigenvalue weighted by atomic mass is 16.5. The van der Waals surface area contributed by atoms with Crippen molar-refractivity contribution in [1.29, 1.82) is 0 Å². The van der Waals surface area contributed by atoms with E-state index in [1.54, 1.807) is 12.1 Å². The van der Waals surface area contributed by atoms with Crippen LogP contribution in [0.2, 0.25) is 0 Å². The molecule has 1 saturated carbocycles. The molecule has 2 rings (SSSR count). The molecule has 3 nitrogen and oxygen atoms in total. The summed E-state index contributed by atoms with van der Waals surface area (Å²) in [4.78, 5) is 11.8. The molecule has 0 radical (unpaired) electrons. The third-order valence-corrected chi connectivity index (χ3v) is 3.53. The zero-order valence-electron chi connectivity index (χ0n) is 10.5. The molecule has 0 bridgehead atoms. The Hall–Kier alpha value is -1.19. The van der Waals surface area contributed by atoms with Crippen molar-refractivity contribution in [3.05, 3.63) is 35.9 Å². The van der Waals surface area contributed by atoms with Gasteiger partial charge in [0.1, 0.15) is 6.61 Å². The van der Waals surface area contributed by atoms with Gasteiger partial charge >= 0.3 is 0 Å². The molecule has 1 aromatic rings. The van der Waals surface area contributed by atoms with Gasteiger partial charge in [0.15, 0.2) is 5.78 Å². The Morgan fingerprint density at radius 2 is 1.94 bits per heavy atom. The molecule has 0 aromatic heterocycles. The summed E-state index contributed by atoms with van der Waals surface area (Å²) in [5.74, 6) is 0.197. The normalized spacial score (nSPS) is 23.8. The van der Waals surface area contributed by atoms with Crippen LogP contribution >= 0.6 is 0 Å². The quantitative estimate of drug-likeness (QED) is 0.814. The second-order valence-corrected chi connectivity index (χ2v) is 4.92. The van der Waals surface area contributed by atoms with E-state index in [9.17, 15) is 9.90 Å². The number of benzene rings is 1. The van der Waals surface area contributed by atoms with Crippen LogP contribution in [-0.2, 0) is 4.74 Å². The maximum absolute atomic E-state index is 11.8. The molecule has 98 valence electrons. The van der Waals surface area contributed by atoms with Crippen molar-refractivity contribution in [2.45, 2.75) is 31.8 Å². The number of carbonyl (C=O) groups is 1. The largest absolute Gasteiger partial charge is 0.393 e. The van der Waals surface area contributed by atoms with Gasteiger partial charge in [-0.3, -0.25) is 4.79 Å². The molecule has 1 aliphatic rings. The monoisotopic (exact) mass is 248 g/mol. The number of ketones is 1. The molecule has 2 atom stereocenters. The van der Waals surface area contributed by atoms with Gasteiger partial charge in [-0.05, 0) is 12.8 Å². The van der Waals surface area contributed by atoms with Crippen molar-refractivity contribution < 1.29 is 14.6 Å². The fraction of sp³-hybridized carbons (Fsp3) is 0.533. The van der Waals surface area contributed by atoms with Gasteiger partial charge in [0.05, 0.1) is 12.7 Å². The lowest BCUT2D eigenvalue weighted by Crippen LogP contribution is -2.29. The number of hydrogen-bond donors (Lipinski definition) is 1. The lowest BCUT2D eigenvalue weighted by molar-refractivity contribution is 0.00728. The van der Waals surface area contributed by atoms with Gasteiger partial charge in [-0.15, -0.1) is 0 Å². The molecule has 0 saturated heterocycles. The number of rotatable bonds is 5. The van der Waals surface area contributed by atoms with Crippen LogP contribution in [0.1, 0.15) is 36.0 Å². The number of Topliss-reactive ketones (excluding diaryl/α,β-unsaturated/α-hetero) is 1. The fourth-order valence-electron chi connectivity index (χ4n) is 2.39. The molecule has 0 aliphatic heterocycles. The van der Waals surface area contributed by atoms with Crippen LogP contribution in [0.25, 0.3) is 0 Å². The Bertz CT molecular complexity index is 375. The second kappa shape index (κ2) is 6.66. The molecule has 0 heterocycles. The molecule has 18 heavy (non-hydrogen) atoms. The molecule has 3 heteroatoms. The zero-order chi connectivity index (χ0) is 12.8. The first-order valence-electron chi connectivity index (χ1n) is 6.61. The highest BCUT2D eigenvalue weighted by Gasteiger charge is 2.23. The van der Waals surface area contributed by atoms with Crippen LogP contribution in [0, 0.1) is 5.92 Å². The zero-order valence-corrected chi connectivity index (χ0v) is 10.5. The number of aliphatic hydroxyl groups is 1. The first-order chi connectivity index (χ1) is 8.77. The number of hydrogen-bond acceptors (Lipinski definition) is 3. The van der Waals surface area contributed by atoms with Crippen LogP contribution < -0.4 is 0 Å². The van der Waals surface area contributed by atoms with E-state index in [2.05, 4.69) is 0 Å². The van der Waals surface area contributed by atoms with Crippen molar-refractivity contribution in [3.63, 3.8) is 0 Å². The van der Waals surface area contributed by atoms with Gasteiger partial charge in [0.2, 0.25) is 0 Å². The third-order valence-electron chi connectivity index (χ3n) is 3.53. The number of ether oxygens (including phenoxy) is 1. The van der Waals surface area contributed by atoms with Gasteiger partial charge in [-0.25, -0.2) is 0 Å². The van der Waals surface area contributed by atoms with Crippen LogP contribution in [0.3, 0.4) is 0 Å². The summed E-state index contributed by atoms with van der Waals surface area (Å²) in [6.07, 6.45) is 3.85. The van der Waals surface area contributed by atoms with E-state index in [0.717, 1.165) is 25.7 Å². The lowest BCUT2D eigenvalue weighted by atomic mass is 9.87. The average Bonchev–Trinajstić information content (AvgIpc) is 2.42. The predicted octanol–water partition coefficient (Wildman–Crippen LogP) is 2.44. The number of carbonyl (C=O) groups excluding carboxylic acids is 1. The molecule has 1 aliphatic carbocycles. The van der Waals surface area contributed by atoms with E-state index in [4.69, 9.17) is 4.74 Å². The molecular weight excluding hydrogens is 228 g/mol. The maximum Gasteiger partial charge on any atom is 0.188 e. The highest BCUT2D eigenvalue weighted by molar-refractivity contribution is 5.96. The summed E-state index contributed by atoms with van der Waals surface area (Å²) < 4.78 is 5.45. The van der Waals surface area contributed by atoms with Crippen molar-refractivity contribution in [2.75, 3.05) is 13.2 Å². The van der Waals surface area contributed by atoms with Gasteiger partial charge in [0.25, 0.3) is 0 Å². The van der Waals surface area contributed by atoms with Gasteiger partial charge < -0.3 is 9.84 Å². The van der Waals surface area contributed by atoms with Gasteiger partial charge in [0, 0.05) is 11.5 Å². The molecular formula is C15H20O3. The summed E-state index contributed by atoms with van der Waals surface area (Å²) in [7, 11) is 0. The maximum atomic E-state index is 11.8. The summed E-state index contributed by atoms with van der Waals surface area (Å²) in [5, 5.41) is 9.79. The van der Waals surface area contributed by atoms with E-state index in [1.807, 2.05) is 18.2 Å². The standard InChI is InChI=1S/C15H20O3/c16-14-9-5-4-8-13(14)10-18-11-15(17)12-6-2-1-3-7-12/h1-3,6-7,13-14,16H,4-5,8-11H2. The molecule has 1 fully saturated rings. The van der Waals surface area contributed by atoms with Gasteiger partial charge in [-0.1, -0.05) is 43.2 Å². The Morgan fingerprint density at radius 3 is 2.67 bits per heavy atom. The summed E-state index contributed by atoms with van der Waals surface area (Å²) >= 11 is 0. The Kier molecular flexibility index (Phi) is 4.90. The van der Waals surface area contributed by atoms with E-state index in [-0.39, 0.29) is 24.4 Å². The molecule has 1 aromatic carbocycles. The highest BCUT2D eigenvalue weighted by Crippen LogP contribution is 2.24. The Morgan fingerprint density at radius 1 is 1.22 bits per heavy atom. The summed E-state index contributed by atoms with van der Waals surface area (Å²) in [6.45, 7) is 0.590.